The minimum atomic E-state index is -3.49. The molecule has 0 saturated heterocycles. The van der Waals surface area contributed by atoms with Crippen LogP contribution in [0.25, 0.3) is 0 Å². The SMILES string of the molecule is CC[NH+](CC)CCNS(=O)(=O)c1ccc(NC(C)=O)cc1. The van der Waals surface area contributed by atoms with Crippen LogP contribution < -0.4 is 14.9 Å². The highest BCUT2D eigenvalue weighted by atomic mass is 32.2. The fraction of sp³-hybridized carbons (Fsp3) is 0.500. The zero-order chi connectivity index (χ0) is 15.9. The summed E-state index contributed by atoms with van der Waals surface area (Å²) in [5, 5.41) is 2.60. The highest BCUT2D eigenvalue weighted by molar-refractivity contribution is 7.89. The molecule has 0 aliphatic rings. The number of amides is 1. The van der Waals surface area contributed by atoms with Gasteiger partial charge in [0.25, 0.3) is 0 Å². The smallest absolute Gasteiger partial charge is 0.240 e. The quantitative estimate of drug-likeness (QED) is 0.624. The summed E-state index contributed by atoms with van der Waals surface area (Å²) >= 11 is 0. The molecule has 0 heterocycles. The lowest BCUT2D eigenvalue weighted by atomic mass is 10.3. The van der Waals surface area contributed by atoms with Crippen molar-refractivity contribution in [3.05, 3.63) is 24.3 Å². The molecule has 0 radical (unpaired) electrons. The van der Waals surface area contributed by atoms with E-state index in [1.54, 1.807) is 12.1 Å². The number of sulfonamides is 1. The molecule has 1 aromatic rings. The van der Waals surface area contributed by atoms with Crippen LogP contribution in [-0.4, -0.2) is 40.5 Å². The maximum atomic E-state index is 12.1. The summed E-state index contributed by atoms with van der Waals surface area (Å²) in [5.74, 6) is -0.189. The Kier molecular flexibility index (Phi) is 6.80. The van der Waals surface area contributed by atoms with Crippen LogP contribution in [0.2, 0.25) is 0 Å². The number of hydrogen-bond donors (Lipinski definition) is 3. The van der Waals surface area contributed by atoms with Crippen LogP contribution in [0.3, 0.4) is 0 Å². The van der Waals surface area contributed by atoms with E-state index in [-0.39, 0.29) is 10.8 Å². The van der Waals surface area contributed by atoms with Crippen molar-refractivity contribution in [1.82, 2.24) is 4.72 Å². The van der Waals surface area contributed by atoms with Gasteiger partial charge in [-0.1, -0.05) is 0 Å². The van der Waals surface area contributed by atoms with Crippen LogP contribution >= 0.6 is 0 Å². The van der Waals surface area contributed by atoms with E-state index in [2.05, 4.69) is 23.9 Å². The molecule has 3 N–H and O–H groups in total. The molecular weight excluding hydrogens is 290 g/mol. The largest absolute Gasteiger partial charge is 0.334 e. The summed E-state index contributed by atoms with van der Waals surface area (Å²) in [4.78, 5) is 12.5. The van der Waals surface area contributed by atoms with Gasteiger partial charge in [0.05, 0.1) is 31.1 Å². The molecule has 0 atom stereocenters. The minimum absolute atomic E-state index is 0.189. The molecule has 0 aliphatic carbocycles. The molecule has 6 nitrogen and oxygen atoms in total. The third-order valence-electron chi connectivity index (χ3n) is 3.26. The normalized spacial score (nSPS) is 11.6. The number of quaternary nitrogens is 1. The Bertz CT molecular complexity index is 551. The van der Waals surface area contributed by atoms with Crippen LogP contribution in [0, 0.1) is 0 Å². The molecule has 0 aromatic heterocycles. The Morgan fingerprint density at radius 1 is 1.14 bits per heavy atom. The van der Waals surface area contributed by atoms with E-state index in [4.69, 9.17) is 0 Å². The fourth-order valence-electron chi connectivity index (χ4n) is 1.97. The van der Waals surface area contributed by atoms with Crippen molar-refractivity contribution in [2.75, 3.05) is 31.5 Å². The standard InChI is InChI=1S/C14H23N3O3S/c1-4-17(5-2)11-10-15-21(19,20)14-8-6-13(7-9-14)16-12(3)18/h6-9,15H,4-5,10-11H2,1-3H3,(H,16,18)/p+1. The van der Waals surface area contributed by atoms with E-state index in [1.165, 1.54) is 24.0 Å². The van der Waals surface area contributed by atoms with E-state index >= 15 is 0 Å². The Morgan fingerprint density at radius 3 is 2.19 bits per heavy atom. The van der Waals surface area contributed by atoms with Gasteiger partial charge in [0.15, 0.2) is 0 Å². The number of rotatable bonds is 8. The van der Waals surface area contributed by atoms with Crippen LogP contribution in [0.1, 0.15) is 20.8 Å². The van der Waals surface area contributed by atoms with Gasteiger partial charge in [0.1, 0.15) is 0 Å². The summed E-state index contributed by atoms with van der Waals surface area (Å²) in [5.41, 5.74) is 0.578. The molecule has 21 heavy (non-hydrogen) atoms. The molecular formula is C14H24N3O3S+. The predicted octanol–water partition coefficient (Wildman–Crippen LogP) is -0.152. The van der Waals surface area contributed by atoms with Crippen LogP contribution in [0.5, 0.6) is 0 Å². The fourth-order valence-corrected chi connectivity index (χ4v) is 3.00. The lowest BCUT2D eigenvalue weighted by molar-refractivity contribution is -0.895. The average Bonchev–Trinajstić information content (AvgIpc) is 2.43. The number of carbonyl (C=O) groups is 1. The number of carbonyl (C=O) groups excluding carboxylic acids is 1. The Morgan fingerprint density at radius 2 is 1.71 bits per heavy atom. The highest BCUT2D eigenvalue weighted by Crippen LogP contribution is 2.13. The summed E-state index contributed by atoms with van der Waals surface area (Å²) < 4.78 is 26.8. The molecule has 1 amide bonds. The second-order valence-corrected chi connectivity index (χ2v) is 6.58. The zero-order valence-electron chi connectivity index (χ0n) is 12.8. The van der Waals surface area contributed by atoms with E-state index in [0.717, 1.165) is 19.6 Å². The molecule has 0 spiro atoms. The van der Waals surface area contributed by atoms with Crippen molar-refractivity contribution in [2.24, 2.45) is 0 Å². The molecule has 1 aromatic carbocycles. The van der Waals surface area contributed by atoms with Gasteiger partial charge in [-0.3, -0.25) is 4.79 Å². The third kappa shape index (κ3) is 5.82. The van der Waals surface area contributed by atoms with Gasteiger partial charge in [-0.05, 0) is 38.1 Å². The summed E-state index contributed by atoms with van der Waals surface area (Å²) in [7, 11) is -3.49. The molecule has 0 aliphatic heterocycles. The third-order valence-corrected chi connectivity index (χ3v) is 4.73. The number of likely N-dealkylation sites (N-methyl/N-ethyl adjacent to an activating group) is 1. The summed E-state index contributed by atoms with van der Waals surface area (Å²) in [6.45, 7) is 8.68. The number of benzene rings is 1. The Labute approximate surface area is 126 Å². The van der Waals surface area contributed by atoms with Gasteiger partial charge in [0.2, 0.25) is 15.9 Å². The second-order valence-electron chi connectivity index (χ2n) is 4.81. The lowest BCUT2D eigenvalue weighted by Gasteiger charge is -2.15. The molecule has 0 unspecified atom stereocenters. The van der Waals surface area contributed by atoms with Crippen molar-refractivity contribution < 1.29 is 18.1 Å². The number of nitrogens with one attached hydrogen (secondary N) is 3. The molecule has 7 heteroatoms. The van der Waals surface area contributed by atoms with Gasteiger partial charge in [-0.15, -0.1) is 0 Å². The van der Waals surface area contributed by atoms with Crippen molar-refractivity contribution in [3.8, 4) is 0 Å². The van der Waals surface area contributed by atoms with Gasteiger partial charge in [-0.25, -0.2) is 13.1 Å². The zero-order valence-corrected chi connectivity index (χ0v) is 13.6. The molecule has 0 saturated carbocycles. The summed E-state index contributed by atoms with van der Waals surface area (Å²) in [6.07, 6.45) is 0. The Hall–Kier alpha value is -1.44. The second kappa shape index (κ2) is 8.11. The van der Waals surface area contributed by atoms with Crippen LogP contribution in [0.15, 0.2) is 29.2 Å². The maximum Gasteiger partial charge on any atom is 0.240 e. The van der Waals surface area contributed by atoms with E-state index in [0.29, 0.717) is 12.2 Å². The van der Waals surface area contributed by atoms with Crippen molar-refractivity contribution in [1.29, 1.82) is 0 Å². The minimum Gasteiger partial charge on any atom is -0.334 e. The van der Waals surface area contributed by atoms with Gasteiger partial charge in [0, 0.05) is 12.6 Å². The van der Waals surface area contributed by atoms with E-state index in [1.807, 2.05) is 0 Å². The van der Waals surface area contributed by atoms with Crippen LogP contribution in [0.4, 0.5) is 5.69 Å². The first kappa shape index (κ1) is 17.6. The molecule has 0 bridgehead atoms. The molecule has 118 valence electrons. The van der Waals surface area contributed by atoms with Crippen molar-refractivity contribution >= 4 is 21.6 Å². The first-order valence-electron chi connectivity index (χ1n) is 7.10. The lowest BCUT2D eigenvalue weighted by Crippen LogP contribution is -3.12. The monoisotopic (exact) mass is 314 g/mol. The molecule has 1 rings (SSSR count). The first-order chi connectivity index (χ1) is 9.89. The summed E-state index contributed by atoms with van der Waals surface area (Å²) in [6, 6.07) is 6.12. The van der Waals surface area contributed by atoms with Crippen LogP contribution in [-0.2, 0) is 14.8 Å². The van der Waals surface area contributed by atoms with Crippen molar-refractivity contribution in [2.45, 2.75) is 25.7 Å². The number of anilines is 1. The van der Waals surface area contributed by atoms with Crippen molar-refractivity contribution in [3.63, 3.8) is 0 Å². The predicted molar refractivity (Wildman–Crippen MR) is 82.8 cm³/mol. The van der Waals surface area contributed by atoms with Gasteiger partial charge < -0.3 is 10.2 Å². The van der Waals surface area contributed by atoms with E-state index in [9.17, 15) is 13.2 Å². The van der Waals surface area contributed by atoms with E-state index < -0.39 is 10.0 Å². The topological polar surface area (TPSA) is 79.7 Å². The van der Waals surface area contributed by atoms with Gasteiger partial charge in [-0.2, -0.15) is 0 Å². The number of hydrogen-bond acceptors (Lipinski definition) is 3. The Balaban J connectivity index is 2.63. The average molecular weight is 314 g/mol. The van der Waals surface area contributed by atoms with Gasteiger partial charge >= 0.3 is 0 Å². The first-order valence-corrected chi connectivity index (χ1v) is 8.58. The highest BCUT2D eigenvalue weighted by Gasteiger charge is 2.14. The molecule has 0 fully saturated rings. The maximum absolute atomic E-state index is 12.1.